The van der Waals surface area contributed by atoms with Crippen LogP contribution in [-0.4, -0.2) is 40.9 Å². The minimum atomic E-state index is -1.10. The van der Waals surface area contributed by atoms with E-state index in [1.54, 1.807) is 19.2 Å². The Hall–Kier alpha value is -3.55. The fraction of sp³-hybridized carbons (Fsp3) is 0.286. The minimum Gasteiger partial charge on any atom is -0.496 e. The summed E-state index contributed by atoms with van der Waals surface area (Å²) in [6.07, 6.45) is 1.66. The summed E-state index contributed by atoms with van der Waals surface area (Å²) in [7, 11) is 1.42. The number of fused-ring (bicyclic) bond motifs is 1. The Morgan fingerprint density at radius 3 is 2.52 bits per heavy atom. The third-order valence-corrected chi connectivity index (χ3v) is 4.87. The van der Waals surface area contributed by atoms with Gasteiger partial charge in [-0.25, -0.2) is 14.6 Å². The summed E-state index contributed by atoms with van der Waals surface area (Å²) < 4.78 is 11.1. The van der Waals surface area contributed by atoms with Gasteiger partial charge in [-0.15, -0.1) is 0 Å². The van der Waals surface area contributed by atoms with Gasteiger partial charge < -0.3 is 25.0 Å². The first-order chi connectivity index (χ1) is 13.8. The van der Waals surface area contributed by atoms with E-state index >= 15 is 0 Å². The number of aromatic carboxylic acids is 1. The topological polar surface area (TPSA) is 118 Å². The Bertz CT molecular complexity index is 1030. The van der Waals surface area contributed by atoms with Gasteiger partial charge in [-0.05, 0) is 38.5 Å². The highest BCUT2D eigenvalue weighted by atomic mass is 16.5. The summed E-state index contributed by atoms with van der Waals surface area (Å²) in [4.78, 5) is 27.9. The second-order valence-corrected chi connectivity index (χ2v) is 6.63. The number of ether oxygens (including phenoxy) is 2. The number of carbonyl (C=O) groups is 2. The molecule has 1 aliphatic heterocycles. The fourth-order valence-corrected chi connectivity index (χ4v) is 3.59. The van der Waals surface area contributed by atoms with Crippen LogP contribution in [0.5, 0.6) is 11.6 Å². The number of nitrogens with one attached hydrogen (secondary N) is 1. The first-order valence-corrected chi connectivity index (χ1v) is 9.04. The Morgan fingerprint density at radius 1 is 1.21 bits per heavy atom. The summed E-state index contributed by atoms with van der Waals surface area (Å²) in [6.45, 7) is 5.74. The third kappa shape index (κ3) is 3.49. The van der Waals surface area contributed by atoms with E-state index in [-0.39, 0.29) is 16.9 Å². The van der Waals surface area contributed by atoms with Crippen molar-refractivity contribution >= 4 is 17.6 Å². The molecule has 0 spiro atoms. The lowest BCUT2D eigenvalue weighted by Gasteiger charge is -2.32. The number of carboxylic acid groups (broad SMARTS) is 2. The van der Waals surface area contributed by atoms with Crippen LogP contribution in [0.2, 0.25) is 0 Å². The van der Waals surface area contributed by atoms with Crippen LogP contribution in [0.4, 0.5) is 5.69 Å². The molecule has 1 aromatic heterocycles. The maximum Gasteiger partial charge on any atom is 0.335 e. The number of carboxylic acids is 2. The highest BCUT2D eigenvalue weighted by Gasteiger charge is 2.37. The Kier molecular flexibility index (Phi) is 5.45. The molecule has 0 aliphatic carbocycles. The first kappa shape index (κ1) is 20.2. The van der Waals surface area contributed by atoms with Gasteiger partial charge in [0.1, 0.15) is 5.75 Å². The lowest BCUT2D eigenvalue weighted by Crippen LogP contribution is -2.25. The zero-order valence-corrected chi connectivity index (χ0v) is 16.6. The number of methoxy groups -OCH3 is 1. The summed E-state index contributed by atoms with van der Waals surface area (Å²) in [5.41, 5.74) is 3.30. The Balaban J connectivity index is 2.36. The van der Waals surface area contributed by atoms with Crippen LogP contribution in [0.25, 0.3) is 0 Å². The van der Waals surface area contributed by atoms with Crippen LogP contribution in [0.3, 0.4) is 0 Å². The van der Waals surface area contributed by atoms with Gasteiger partial charge in [0.15, 0.2) is 0 Å². The van der Waals surface area contributed by atoms with Gasteiger partial charge in [-0.3, -0.25) is 0 Å². The maximum atomic E-state index is 12.2. The summed E-state index contributed by atoms with van der Waals surface area (Å²) in [5, 5.41) is 22.4. The normalized spacial score (nSPS) is 15.4. The molecule has 2 aromatic rings. The zero-order chi connectivity index (χ0) is 21.3. The summed E-state index contributed by atoms with van der Waals surface area (Å²) >= 11 is 0. The molecule has 1 aliphatic rings. The van der Waals surface area contributed by atoms with E-state index in [0.717, 1.165) is 11.3 Å². The number of pyridine rings is 1. The van der Waals surface area contributed by atoms with Crippen LogP contribution in [-0.2, 0) is 4.79 Å². The second-order valence-electron chi connectivity index (χ2n) is 6.63. The first-order valence-electron chi connectivity index (χ1n) is 9.04. The fourth-order valence-electron chi connectivity index (χ4n) is 3.59. The number of aliphatic carboxylic acids is 1. The van der Waals surface area contributed by atoms with Gasteiger partial charge in [0, 0.05) is 17.5 Å². The van der Waals surface area contributed by atoms with Crippen molar-refractivity contribution in [2.45, 2.75) is 26.7 Å². The zero-order valence-electron chi connectivity index (χ0n) is 16.6. The molecular formula is C21H22N2O6. The molecule has 1 aromatic carbocycles. The Labute approximate surface area is 167 Å². The molecule has 3 rings (SSSR count). The van der Waals surface area contributed by atoms with Gasteiger partial charge >= 0.3 is 11.9 Å². The van der Waals surface area contributed by atoms with Crippen molar-refractivity contribution in [2.75, 3.05) is 19.0 Å². The summed E-state index contributed by atoms with van der Waals surface area (Å²) in [5.74, 6) is -2.35. The highest BCUT2D eigenvalue weighted by Crippen LogP contribution is 2.48. The predicted octanol–water partition coefficient (Wildman–Crippen LogP) is 3.41. The number of hydrogen-bond acceptors (Lipinski definition) is 6. The van der Waals surface area contributed by atoms with E-state index < -0.39 is 17.9 Å². The minimum absolute atomic E-state index is 0.0460. The van der Waals surface area contributed by atoms with E-state index in [2.05, 4.69) is 10.3 Å². The average molecular weight is 398 g/mol. The molecule has 0 saturated carbocycles. The molecular weight excluding hydrogens is 376 g/mol. The second kappa shape index (κ2) is 7.83. The van der Waals surface area contributed by atoms with Crippen LogP contribution in [0, 0.1) is 6.92 Å². The van der Waals surface area contributed by atoms with Crippen molar-refractivity contribution in [3.63, 3.8) is 0 Å². The number of allylic oxidation sites excluding steroid dienone is 1. The van der Waals surface area contributed by atoms with E-state index in [4.69, 9.17) is 9.47 Å². The van der Waals surface area contributed by atoms with Gasteiger partial charge in [0.2, 0.25) is 5.88 Å². The number of nitrogens with zero attached hydrogens (tertiary/aromatic N) is 1. The predicted molar refractivity (Wildman–Crippen MR) is 106 cm³/mol. The van der Waals surface area contributed by atoms with Crippen molar-refractivity contribution in [3.05, 3.63) is 57.9 Å². The smallest absolute Gasteiger partial charge is 0.335 e. The molecule has 0 saturated heterocycles. The quantitative estimate of drug-likeness (QED) is 0.677. The summed E-state index contributed by atoms with van der Waals surface area (Å²) in [6, 6.07) is 4.40. The van der Waals surface area contributed by atoms with Gasteiger partial charge in [0.05, 0.1) is 42.0 Å². The molecule has 1 atom stereocenters. The Morgan fingerprint density at radius 2 is 1.93 bits per heavy atom. The van der Waals surface area contributed by atoms with E-state index in [9.17, 15) is 19.8 Å². The van der Waals surface area contributed by atoms with Gasteiger partial charge in [-0.1, -0.05) is 6.07 Å². The monoisotopic (exact) mass is 398 g/mol. The van der Waals surface area contributed by atoms with E-state index in [0.29, 0.717) is 29.3 Å². The van der Waals surface area contributed by atoms with Crippen molar-refractivity contribution in [1.82, 2.24) is 4.98 Å². The van der Waals surface area contributed by atoms with E-state index in [1.807, 2.05) is 13.8 Å². The van der Waals surface area contributed by atoms with Crippen LogP contribution < -0.4 is 14.8 Å². The molecule has 2 heterocycles. The SMILES string of the molecule is CCOc1ncc(C)c2c1C(c1ccc(C(=O)O)cc1OC)C(C(=O)O)=C(C)N2. The van der Waals surface area contributed by atoms with Crippen molar-refractivity contribution in [2.24, 2.45) is 0 Å². The molecule has 3 N–H and O–H groups in total. The highest BCUT2D eigenvalue weighted by molar-refractivity contribution is 5.95. The number of aryl methyl sites for hydroxylation is 1. The van der Waals surface area contributed by atoms with Crippen LogP contribution in [0.1, 0.15) is 46.8 Å². The molecule has 29 heavy (non-hydrogen) atoms. The molecule has 0 bridgehead atoms. The van der Waals surface area contributed by atoms with Gasteiger partial charge in [0.25, 0.3) is 0 Å². The lowest BCUT2D eigenvalue weighted by molar-refractivity contribution is -0.133. The molecule has 152 valence electrons. The lowest BCUT2D eigenvalue weighted by atomic mass is 9.79. The third-order valence-electron chi connectivity index (χ3n) is 4.87. The van der Waals surface area contributed by atoms with Crippen LogP contribution >= 0.6 is 0 Å². The van der Waals surface area contributed by atoms with Crippen molar-refractivity contribution in [3.8, 4) is 11.6 Å². The number of rotatable bonds is 6. The maximum absolute atomic E-state index is 12.2. The number of aromatic nitrogens is 1. The number of anilines is 1. The van der Waals surface area contributed by atoms with E-state index in [1.165, 1.54) is 19.2 Å². The molecule has 0 amide bonds. The molecule has 0 fully saturated rings. The number of benzene rings is 1. The average Bonchev–Trinajstić information content (AvgIpc) is 2.68. The molecule has 0 radical (unpaired) electrons. The standard InChI is InChI=1S/C21H22N2O6/c1-5-29-19-17-16(13-7-6-12(20(24)25)8-14(13)28-4)15(21(26)27)11(3)23-18(17)10(2)9-22-19/h6-9,16,23H,5H2,1-4H3,(H,24,25)(H,26,27). The molecule has 8 heteroatoms. The molecule has 1 unspecified atom stereocenters. The molecule has 8 nitrogen and oxygen atoms in total. The van der Waals surface area contributed by atoms with Crippen molar-refractivity contribution in [1.29, 1.82) is 0 Å². The van der Waals surface area contributed by atoms with Crippen LogP contribution in [0.15, 0.2) is 35.7 Å². The largest absolute Gasteiger partial charge is 0.496 e. The number of hydrogen-bond donors (Lipinski definition) is 3. The van der Waals surface area contributed by atoms with Crippen molar-refractivity contribution < 1.29 is 29.3 Å². The van der Waals surface area contributed by atoms with Gasteiger partial charge in [-0.2, -0.15) is 0 Å².